The number of benzene rings is 2. The van der Waals surface area contributed by atoms with Crippen LogP contribution in [0.3, 0.4) is 0 Å². The Balaban J connectivity index is 0.000000440. The van der Waals surface area contributed by atoms with Gasteiger partial charge in [-0.2, -0.15) is 0 Å². The van der Waals surface area contributed by atoms with Gasteiger partial charge in [0.25, 0.3) is 0 Å². The van der Waals surface area contributed by atoms with Crippen LogP contribution in [-0.4, -0.2) is 96.7 Å². The number of rotatable bonds is 21. The van der Waals surface area contributed by atoms with Crippen molar-refractivity contribution in [1.82, 2.24) is 10.2 Å². The van der Waals surface area contributed by atoms with E-state index in [1.807, 2.05) is 86.6 Å². The minimum Gasteiger partial charge on any atom is -0.494 e. The van der Waals surface area contributed by atoms with Crippen molar-refractivity contribution in [3.63, 3.8) is 0 Å². The monoisotopic (exact) mass is 614 g/mol. The highest BCUT2D eigenvalue weighted by atomic mass is 16.5. The largest absolute Gasteiger partial charge is 0.494 e. The van der Waals surface area contributed by atoms with E-state index < -0.39 is 12.2 Å². The number of nitrogens with one attached hydrogen (secondary N) is 1. The number of aliphatic hydroxyl groups is 4. The van der Waals surface area contributed by atoms with E-state index in [4.69, 9.17) is 9.47 Å². The molecule has 0 aromatic heterocycles. The number of hydrogen-bond donors (Lipinski definition) is 5. The van der Waals surface area contributed by atoms with Gasteiger partial charge in [0.1, 0.15) is 11.5 Å². The number of aliphatic hydroxyl groups excluding tert-OH is 4. The topological polar surface area (TPSA) is 115 Å². The summed E-state index contributed by atoms with van der Waals surface area (Å²) in [5, 5.41) is 41.6. The number of ether oxygens (including phenoxy) is 2. The molecule has 0 unspecified atom stereocenters. The van der Waals surface area contributed by atoms with E-state index in [1.165, 1.54) is 25.7 Å². The molecule has 2 aromatic carbocycles. The van der Waals surface area contributed by atoms with Crippen LogP contribution in [0.4, 0.5) is 0 Å². The smallest absolute Gasteiger partial charge is 0.119 e. The zero-order chi connectivity index (χ0) is 32.6. The van der Waals surface area contributed by atoms with Gasteiger partial charge in [-0.1, -0.05) is 95.0 Å². The summed E-state index contributed by atoms with van der Waals surface area (Å²) in [4.78, 5) is 1.81. The number of hydrogen-bond acceptors (Lipinski definition) is 8. The minimum absolute atomic E-state index is 0.0803. The van der Waals surface area contributed by atoms with Crippen molar-refractivity contribution in [1.29, 1.82) is 0 Å². The van der Waals surface area contributed by atoms with Crippen LogP contribution in [0.25, 0.3) is 12.2 Å². The molecule has 0 aliphatic carbocycles. The quantitative estimate of drug-likeness (QED) is 0.123. The molecule has 248 valence electrons. The summed E-state index contributed by atoms with van der Waals surface area (Å²) < 4.78 is 11.3. The molecule has 0 fully saturated rings. The second kappa shape index (κ2) is 24.6. The van der Waals surface area contributed by atoms with Gasteiger partial charge in [-0.25, -0.2) is 0 Å². The van der Waals surface area contributed by atoms with Gasteiger partial charge < -0.3 is 40.1 Å². The zero-order valence-corrected chi connectivity index (χ0v) is 27.6. The first-order valence-electron chi connectivity index (χ1n) is 16.1. The third-order valence-corrected chi connectivity index (χ3v) is 7.08. The van der Waals surface area contributed by atoms with Crippen molar-refractivity contribution in [2.75, 3.05) is 47.1 Å². The molecule has 5 N–H and O–H groups in total. The highest BCUT2D eigenvalue weighted by Crippen LogP contribution is 2.16. The van der Waals surface area contributed by atoms with Crippen LogP contribution in [0.1, 0.15) is 70.4 Å². The standard InChI is InChI=1S/2C18H29NO3/c1-4-5-6-13-22-16-10-7-15(8-11-16)9-12-18(21)17(14-20)19(2)3;1-3-5-6-13-22-16-10-7-15(8-11-16)9-12-18(21)17(14-20)19-4-2/h7-12,17-18,20-21H,4-6,13-14H2,1-3H3;7-12,17-21H,3-6,13-14H2,1-2H3/b2*12-9+/t2*17-,18+/m11/s1. The maximum Gasteiger partial charge on any atom is 0.119 e. The van der Waals surface area contributed by atoms with Crippen LogP contribution >= 0.6 is 0 Å². The number of likely N-dealkylation sites (N-methyl/N-ethyl adjacent to an activating group) is 2. The molecular weight excluding hydrogens is 556 g/mol. The summed E-state index contributed by atoms with van der Waals surface area (Å²) in [7, 11) is 3.67. The van der Waals surface area contributed by atoms with Gasteiger partial charge in [-0.15, -0.1) is 0 Å². The summed E-state index contributed by atoms with van der Waals surface area (Å²) >= 11 is 0. The number of nitrogens with zero attached hydrogens (tertiary/aromatic N) is 1. The van der Waals surface area contributed by atoms with Crippen LogP contribution in [0.15, 0.2) is 60.7 Å². The van der Waals surface area contributed by atoms with Crippen LogP contribution in [0.2, 0.25) is 0 Å². The summed E-state index contributed by atoms with van der Waals surface area (Å²) in [5.74, 6) is 1.74. The molecule has 0 spiro atoms. The molecule has 0 radical (unpaired) electrons. The van der Waals surface area contributed by atoms with Gasteiger partial charge in [-0.05, 0) is 68.9 Å². The Morgan fingerprint density at radius 1 is 0.682 bits per heavy atom. The molecule has 0 saturated carbocycles. The van der Waals surface area contributed by atoms with E-state index in [9.17, 15) is 20.4 Å². The molecule has 2 rings (SSSR count). The van der Waals surface area contributed by atoms with Crippen LogP contribution in [0.5, 0.6) is 11.5 Å². The number of unbranched alkanes of at least 4 members (excludes halogenated alkanes) is 4. The van der Waals surface area contributed by atoms with E-state index in [2.05, 4.69) is 19.2 Å². The molecule has 44 heavy (non-hydrogen) atoms. The van der Waals surface area contributed by atoms with E-state index in [-0.39, 0.29) is 25.3 Å². The fourth-order valence-electron chi connectivity index (χ4n) is 4.25. The maximum atomic E-state index is 10.0. The molecule has 0 aliphatic heterocycles. The highest BCUT2D eigenvalue weighted by Gasteiger charge is 2.17. The lowest BCUT2D eigenvalue weighted by Gasteiger charge is -2.25. The Kier molecular flexibility index (Phi) is 22.0. The van der Waals surface area contributed by atoms with E-state index in [0.29, 0.717) is 6.54 Å². The van der Waals surface area contributed by atoms with E-state index in [0.717, 1.165) is 48.7 Å². The molecule has 0 saturated heterocycles. The Labute approximate surface area is 266 Å². The lowest BCUT2D eigenvalue weighted by atomic mass is 10.1. The SMILES string of the molecule is CCCCCOc1ccc(/C=C/[C@H](O)[C@@H](CO)N(C)C)cc1.CCCCCOc1ccc(/C=C/[C@H](O)[C@@H](CO)NCC)cc1. The van der Waals surface area contributed by atoms with Crippen molar-refractivity contribution >= 4 is 12.2 Å². The average molecular weight is 615 g/mol. The van der Waals surface area contributed by atoms with E-state index in [1.54, 1.807) is 12.2 Å². The molecule has 8 heteroatoms. The summed E-state index contributed by atoms with van der Waals surface area (Å²) in [6.45, 7) is 8.33. The zero-order valence-electron chi connectivity index (χ0n) is 27.6. The molecule has 0 heterocycles. The van der Waals surface area contributed by atoms with Crippen LogP contribution in [-0.2, 0) is 0 Å². The summed E-state index contributed by atoms with van der Waals surface area (Å²) in [6, 6.07) is 15.0. The molecule has 0 bridgehead atoms. The average Bonchev–Trinajstić information content (AvgIpc) is 3.03. The minimum atomic E-state index is -0.713. The molecular formula is C36H58N2O6. The van der Waals surface area contributed by atoms with Crippen molar-refractivity contribution in [2.45, 2.75) is 83.6 Å². The Morgan fingerprint density at radius 2 is 1.14 bits per heavy atom. The fourth-order valence-corrected chi connectivity index (χ4v) is 4.25. The molecule has 0 amide bonds. The predicted octanol–water partition coefficient (Wildman–Crippen LogP) is 5.15. The lowest BCUT2D eigenvalue weighted by molar-refractivity contribution is 0.0677. The predicted molar refractivity (Wildman–Crippen MR) is 182 cm³/mol. The third-order valence-electron chi connectivity index (χ3n) is 7.08. The van der Waals surface area contributed by atoms with Crippen LogP contribution < -0.4 is 14.8 Å². The van der Waals surface area contributed by atoms with Crippen molar-refractivity contribution in [3.8, 4) is 11.5 Å². The van der Waals surface area contributed by atoms with Gasteiger partial charge in [0.05, 0.1) is 50.7 Å². The van der Waals surface area contributed by atoms with Crippen molar-refractivity contribution < 1.29 is 29.9 Å². The first-order chi connectivity index (χ1) is 21.3. The Hall–Kier alpha value is -2.72. The van der Waals surface area contributed by atoms with E-state index >= 15 is 0 Å². The Morgan fingerprint density at radius 3 is 1.50 bits per heavy atom. The summed E-state index contributed by atoms with van der Waals surface area (Å²) in [6.07, 6.45) is 12.6. The summed E-state index contributed by atoms with van der Waals surface area (Å²) in [5.41, 5.74) is 1.99. The molecule has 4 atom stereocenters. The first kappa shape index (κ1) is 39.3. The third kappa shape index (κ3) is 16.9. The first-order valence-corrected chi connectivity index (χ1v) is 16.1. The van der Waals surface area contributed by atoms with Crippen LogP contribution in [0, 0.1) is 0 Å². The highest BCUT2D eigenvalue weighted by molar-refractivity contribution is 5.52. The molecule has 8 nitrogen and oxygen atoms in total. The normalized spacial score (nSPS) is 14.3. The van der Waals surface area contributed by atoms with Gasteiger partial charge in [0, 0.05) is 0 Å². The molecule has 2 aromatic rings. The molecule has 0 aliphatic rings. The van der Waals surface area contributed by atoms with Gasteiger partial charge >= 0.3 is 0 Å². The Bertz CT molecular complexity index is 1010. The fraction of sp³-hybridized carbons (Fsp3) is 0.556. The van der Waals surface area contributed by atoms with Gasteiger partial charge in [-0.3, -0.25) is 0 Å². The van der Waals surface area contributed by atoms with Gasteiger partial charge in [0.15, 0.2) is 0 Å². The maximum absolute atomic E-state index is 10.0. The lowest BCUT2D eigenvalue weighted by Crippen LogP contribution is -2.41. The van der Waals surface area contributed by atoms with Gasteiger partial charge in [0.2, 0.25) is 0 Å². The second-order valence-corrected chi connectivity index (χ2v) is 11.0. The van der Waals surface area contributed by atoms with Crippen molar-refractivity contribution in [2.24, 2.45) is 0 Å². The van der Waals surface area contributed by atoms with Crippen molar-refractivity contribution in [3.05, 3.63) is 71.8 Å². The second-order valence-electron chi connectivity index (χ2n) is 11.0.